The first-order chi connectivity index (χ1) is 37.2. The molecule has 76 heavy (non-hydrogen) atoms. The normalized spacial score (nSPS) is 13.4. The van der Waals surface area contributed by atoms with Gasteiger partial charge in [0, 0.05) is 19.3 Å². The number of rotatable bonds is 61. The van der Waals surface area contributed by atoms with E-state index in [2.05, 4.69) is 45.1 Å². The van der Waals surface area contributed by atoms with Crippen LogP contribution in [0.2, 0.25) is 0 Å². The molecule has 0 radical (unpaired) electrons. The molecule has 0 rings (SSSR count). The van der Waals surface area contributed by atoms with E-state index in [0.717, 1.165) is 77.0 Å². The molecule has 0 aliphatic rings. The Balaban J connectivity index is 4.62. The van der Waals surface area contributed by atoms with Crippen molar-refractivity contribution in [2.75, 3.05) is 26.4 Å². The van der Waals surface area contributed by atoms with Crippen molar-refractivity contribution in [2.24, 2.45) is 0 Å². The second-order valence-electron chi connectivity index (χ2n) is 21.9. The molecule has 3 unspecified atom stereocenters. The third-order valence-corrected chi connectivity index (χ3v) is 15.3. The average molecular weight is 1100 g/mol. The molecular weight excluding hydrogens is 976 g/mol. The Morgan fingerprint density at radius 2 is 0.605 bits per heavy atom. The molecule has 0 aliphatic carbocycles. The number of allylic oxidation sites excluding steroid dienone is 4. The van der Waals surface area contributed by atoms with Crippen LogP contribution in [0.25, 0.3) is 0 Å². The Kier molecular flexibility index (Phi) is 57.5. The van der Waals surface area contributed by atoms with Gasteiger partial charge in [-0.25, -0.2) is 4.57 Å². The van der Waals surface area contributed by atoms with Crippen molar-refractivity contribution in [3.63, 3.8) is 0 Å². The lowest BCUT2D eigenvalue weighted by Gasteiger charge is -2.21. The summed E-state index contributed by atoms with van der Waals surface area (Å²) in [6.45, 7) is 4.69. The second kappa shape index (κ2) is 59.1. The van der Waals surface area contributed by atoms with E-state index in [1.165, 1.54) is 193 Å². The van der Waals surface area contributed by atoms with Crippen molar-refractivity contribution in [3.8, 4) is 0 Å². The van der Waals surface area contributed by atoms with E-state index in [-0.39, 0.29) is 25.9 Å². The van der Waals surface area contributed by atoms with Crippen molar-refractivity contribution in [1.29, 1.82) is 0 Å². The first-order valence-electron chi connectivity index (χ1n) is 32.2. The van der Waals surface area contributed by atoms with Gasteiger partial charge >= 0.3 is 25.7 Å². The number of unbranched alkanes of at least 4 members (excludes halogenated alkanes) is 40. The lowest BCUT2D eigenvalue weighted by atomic mass is 10.0. The van der Waals surface area contributed by atoms with Crippen LogP contribution in [0.4, 0.5) is 0 Å². The molecule has 0 saturated heterocycles. The van der Waals surface area contributed by atoms with Gasteiger partial charge in [0.15, 0.2) is 6.10 Å². The van der Waals surface area contributed by atoms with E-state index >= 15 is 0 Å². The quantitative estimate of drug-likeness (QED) is 0.0197. The van der Waals surface area contributed by atoms with Crippen molar-refractivity contribution in [2.45, 2.75) is 341 Å². The van der Waals surface area contributed by atoms with Crippen LogP contribution in [0, 0.1) is 0 Å². The van der Waals surface area contributed by atoms with Gasteiger partial charge in [-0.05, 0) is 70.6 Å². The Morgan fingerprint density at radius 3 is 0.921 bits per heavy atom. The predicted octanol–water partition coefficient (Wildman–Crippen LogP) is 19.4. The van der Waals surface area contributed by atoms with Gasteiger partial charge in [0.1, 0.15) is 12.7 Å². The van der Waals surface area contributed by atoms with Crippen LogP contribution in [-0.2, 0) is 42.2 Å². The number of carbonyl (C=O) groups excluding carboxylic acids is 3. The molecule has 3 atom stereocenters. The summed E-state index contributed by atoms with van der Waals surface area (Å²) < 4.78 is 39.7. The molecule has 0 bridgehead atoms. The van der Waals surface area contributed by atoms with Crippen LogP contribution in [-0.4, -0.2) is 66.5 Å². The van der Waals surface area contributed by atoms with Crippen LogP contribution in [0.5, 0.6) is 0 Å². The number of hydrogen-bond acceptors (Lipinski definition) is 10. The maximum absolute atomic E-state index is 12.9. The summed E-state index contributed by atoms with van der Waals surface area (Å²) in [5.74, 6) is -1.45. The Hall–Kier alpha value is -2.04. The van der Waals surface area contributed by atoms with Crippen molar-refractivity contribution in [3.05, 3.63) is 24.3 Å². The SMILES string of the molecule is CCCCCC/C=C\CCCCCCCC(=O)OCC(COP(=O)(O)OCC(CO)OC(=O)CCCCCCCCCCCCCCCCCCC)OC(=O)CCCCCCCCCCC/C=C\CCCCCCCC. The summed E-state index contributed by atoms with van der Waals surface area (Å²) in [5, 5.41) is 9.85. The zero-order chi connectivity index (χ0) is 55.5. The number of esters is 3. The molecule has 2 N–H and O–H groups in total. The molecule has 0 aromatic heterocycles. The van der Waals surface area contributed by atoms with Crippen LogP contribution in [0.3, 0.4) is 0 Å². The summed E-state index contributed by atoms with van der Waals surface area (Å²) in [4.78, 5) is 48.7. The highest BCUT2D eigenvalue weighted by Crippen LogP contribution is 2.43. The average Bonchev–Trinajstić information content (AvgIpc) is 3.41. The van der Waals surface area contributed by atoms with Gasteiger partial charge in [0.05, 0.1) is 19.8 Å². The highest BCUT2D eigenvalue weighted by molar-refractivity contribution is 7.47. The van der Waals surface area contributed by atoms with Crippen molar-refractivity contribution < 1.29 is 52.2 Å². The number of aliphatic hydroxyl groups excluding tert-OH is 1. The number of ether oxygens (including phenoxy) is 3. The van der Waals surface area contributed by atoms with E-state index in [4.69, 9.17) is 23.3 Å². The molecule has 0 fully saturated rings. The highest BCUT2D eigenvalue weighted by Gasteiger charge is 2.28. The minimum absolute atomic E-state index is 0.169. The minimum Gasteiger partial charge on any atom is -0.462 e. The first-order valence-corrected chi connectivity index (χ1v) is 33.7. The molecule has 448 valence electrons. The lowest BCUT2D eigenvalue weighted by Crippen LogP contribution is -2.30. The van der Waals surface area contributed by atoms with E-state index in [1.54, 1.807) is 0 Å². The highest BCUT2D eigenvalue weighted by atomic mass is 31.2. The third-order valence-electron chi connectivity index (χ3n) is 14.3. The molecule has 0 aliphatic heterocycles. The fourth-order valence-electron chi connectivity index (χ4n) is 9.41. The van der Waals surface area contributed by atoms with Crippen molar-refractivity contribution >= 4 is 25.7 Å². The number of phosphoric acid groups is 1. The van der Waals surface area contributed by atoms with Crippen LogP contribution in [0.15, 0.2) is 24.3 Å². The van der Waals surface area contributed by atoms with Gasteiger partial charge in [-0.3, -0.25) is 23.4 Å². The largest absolute Gasteiger partial charge is 0.472 e. The molecular formula is C64H121O11P. The zero-order valence-electron chi connectivity index (χ0n) is 49.7. The van der Waals surface area contributed by atoms with E-state index in [0.29, 0.717) is 19.3 Å². The van der Waals surface area contributed by atoms with Crippen LogP contribution >= 0.6 is 7.82 Å². The van der Waals surface area contributed by atoms with Crippen LogP contribution in [0.1, 0.15) is 329 Å². The molecule has 0 aromatic rings. The summed E-state index contributed by atoms with van der Waals surface area (Å²) in [6, 6.07) is 0. The lowest BCUT2D eigenvalue weighted by molar-refractivity contribution is -0.161. The number of carbonyl (C=O) groups is 3. The summed E-state index contributed by atoms with van der Waals surface area (Å²) in [6.07, 6.45) is 61.3. The predicted molar refractivity (Wildman–Crippen MR) is 316 cm³/mol. The Labute approximate surface area is 468 Å². The van der Waals surface area contributed by atoms with Gasteiger partial charge in [-0.1, -0.05) is 263 Å². The molecule has 0 spiro atoms. The number of hydrogen-bond donors (Lipinski definition) is 2. The molecule has 0 aromatic carbocycles. The van der Waals surface area contributed by atoms with E-state index in [9.17, 15) is 28.9 Å². The summed E-state index contributed by atoms with van der Waals surface area (Å²) >= 11 is 0. The van der Waals surface area contributed by atoms with Gasteiger partial charge in [0.25, 0.3) is 0 Å². The standard InChI is InChI=1S/C64H121O11P/c1-4-7-10-13-16-19-22-25-27-29-30-32-34-37-40-43-46-49-52-55-64(68)75-61(57-71-62(66)53-50-47-44-41-38-35-24-21-18-15-12-9-6-3)59-73-76(69,70)72-58-60(56-65)74-63(67)54-51-48-45-42-39-36-33-31-28-26-23-20-17-14-11-8-5-2/h21,24-25,27,60-61,65H,4-20,22-23,26,28-59H2,1-3H3,(H,69,70)/b24-21-,27-25-. The second-order valence-corrected chi connectivity index (χ2v) is 23.4. The minimum atomic E-state index is -4.75. The van der Waals surface area contributed by atoms with E-state index < -0.39 is 57.8 Å². The molecule has 0 heterocycles. The number of phosphoric ester groups is 1. The first kappa shape index (κ1) is 74.0. The zero-order valence-corrected chi connectivity index (χ0v) is 50.6. The smallest absolute Gasteiger partial charge is 0.462 e. The molecule has 12 heteroatoms. The summed E-state index contributed by atoms with van der Waals surface area (Å²) in [5.41, 5.74) is 0. The van der Waals surface area contributed by atoms with Crippen molar-refractivity contribution in [1.82, 2.24) is 0 Å². The Bertz CT molecular complexity index is 1370. The number of aliphatic hydroxyl groups is 1. The van der Waals surface area contributed by atoms with Gasteiger partial charge in [-0.15, -0.1) is 0 Å². The molecule has 0 saturated carbocycles. The fraction of sp³-hybridized carbons (Fsp3) is 0.891. The maximum Gasteiger partial charge on any atom is 0.472 e. The van der Waals surface area contributed by atoms with Gasteiger partial charge in [0.2, 0.25) is 0 Å². The molecule has 11 nitrogen and oxygen atoms in total. The fourth-order valence-corrected chi connectivity index (χ4v) is 10.2. The van der Waals surface area contributed by atoms with Gasteiger partial charge in [-0.2, -0.15) is 0 Å². The van der Waals surface area contributed by atoms with Gasteiger partial charge < -0.3 is 24.2 Å². The summed E-state index contributed by atoms with van der Waals surface area (Å²) in [7, 11) is -4.75. The monoisotopic (exact) mass is 1100 g/mol. The Morgan fingerprint density at radius 1 is 0.355 bits per heavy atom. The topological polar surface area (TPSA) is 155 Å². The maximum atomic E-state index is 12.9. The third kappa shape index (κ3) is 56.7. The van der Waals surface area contributed by atoms with E-state index in [1.807, 2.05) is 0 Å². The molecule has 0 amide bonds. The van der Waals surface area contributed by atoms with Crippen LogP contribution < -0.4 is 0 Å².